The SMILES string of the molecule is CC(C)c1ccccc1[C@@H]1CCCN1C1CC2(CCNCC2)C1.Cl. The highest BCUT2D eigenvalue weighted by Gasteiger charge is 2.48. The maximum absolute atomic E-state index is 3.53. The quantitative estimate of drug-likeness (QED) is 0.835. The van der Waals surface area contributed by atoms with E-state index in [0.29, 0.717) is 17.4 Å². The summed E-state index contributed by atoms with van der Waals surface area (Å²) in [5.41, 5.74) is 3.88. The van der Waals surface area contributed by atoms with E-state index in [1.807, 2.05) is 0 Å². The molecule has 2 saturated heterocycles. The van der Waals surface area contributed by atoms with E-state index in [4.69, 9.17) is 0 Å². The minimum atomic E-state index is 0. The predicted octanol–water partition coefficient (Wildman–Crippen LogP) is 4.90. The summed E-state index contributed by atoms with van der Waals surface area (Å²) in [4.78, 5) is 2.87. The van der Waals surface area contributed by atoms with Crippen molar-refractivity contribution in [2.24, 2.45) is 5.41 Å². The van der Waals surface area contributed by atoms with E-state index >= 15 is 0 Å². The molecule has 2 heterocycles. The highest BCUT2D eigenvalue weighted by atomic mass is 35.5. The first-order valence-corrected chi connectivity index (χ1v) is 9.74. The minimum absolute atomic E-state index is 0. The Morgan fingerprint density at radius 3 is 2.54 bits per heavy atom. The summed E-state index contributed by atoms with van der Waals surface area (Å²) in [7, 11) is 0. The van der Waals surface area contributed by atoms with Crippen LogP contribution in [0, 0.1) is 5.41 Å². The molecule has 4 rings (SSSR count). The number of hydrogen-bond acceptors (Lipinski definition) is 2. The summed E-state index contributed by atoms with van der Waals surface area (Å²) in [6, 6.07) is 10.7. The summed E-state index contributed by atoms with van der Waals surface area (Å²) in [5, 5.41) is 3.53. The molecule has 3 heteroatoms. The second-order valence-electron chi connectivity index (χ2n) is 8.49. The van der Waals surface area contributed by atoms with E-state index in [-0.39, 0.29) is 12.4 Å². The monoisotopic (exact) mass is 348 g/mol. The van der Waals surface area contributed by atoms with E-state index in [2.05, 4.69) is 48.3 Å². The average Bonchev–Trinajstić information content (AvgIpc) is 3.02. The molecule has 0 bridgehead atoms. The zero-order chi connectivity index (χ0) is 15.9. The molecule has 1 aromatic carbocycles. The third-order valence-corrected chi connectivity index (χ3v) is 6.74. The van der Waals surface area contributed by atoms with Crippen LogP contribution in [0.15, 0.2) is 24.3 Å². The van der Waals surface area contributed by atoms with E-state index in [0.717, 1.165) is 6.04 Å². The first kappa shape index (κ1) is 18.2. The van der Waals surface area contributed by atoms with Gasteiger partial charge in [0.05, 0.1) is 0 Å². The maximum atomic E-state index is 3.53. The van der Waals surface area contributed by atoms with Crippen molar-refractivity contribution >= 4 is 12.4 Å². The number of piperidine rings is 1. The Morgan fingerprint density at radius 1 is 1.12 bits per heavy atom. The van der Waals surface area contributed by atoms with Crippen molar-refractivity contribution in [1.82, 2.24) is 10.2 Å². The summed E-state index contributed by atoms with van der Waals surface area (Å²) in [6.07, 6.45) is 8.45. The Kier molecular flexibility index (Phi) is 5.58. The van der Waals surface area contributed by atoms with Crippen LogP contribution in [-0.2, 0) is 0 Å². The average molecular weight is 349 g/mol. The van der Waals surface area contributed by atoms with Gasteiger partial charge in [-0.1, -0.05) is 38.1 Å². The molecule has 1 atom stereocenters. The molecular formula is C21H33ClN2. The number of nitrogens with one attached hydrogen (secondary N) is 1. The number of likely N-dealkylation sites (tertiary alicyclic amines) is 1. The van der Waals surface area contributed by atoms with Crippen LogP contribution in [0.2, 0.25) is 0 Å². The number of hydrogen-bond donors (Lipinski definition) is 1. The lowest BCUT2D eigenvalue weighted by Crippen LogP contribution is -2.54. The van der Waals surface area contributed by atoms with Gasteiger partial charge in [-0.2, -0.15) is 0 Å². The molecule has 134 valence electrons. The van der Waals surface area contributed by atoms with Gasteiger partial charge in [0, 0.05) is 12.1 Å². The molecule has 0 aromatic heterocycles. The fourth-order valence-corrected chi connectivity index (χ4v) is 5.44. The molecule has 1 spiro atoms. The lowest BCUT2D eigenvalue weighted by molar-refractivity contribution is -0.0265. The Hall–Kier alpha value is -0.570. The van der Waals surface area contributed by atoms with Crippen LogP contribution in [0.3, 0.4) is 0 Å². The number of halogens is 1. The second-order valence-corrected chi connectivity index (χ2v) is 8.49. The molecule has 1 aliphatic carbocycles. The Morgan fingerprint density at radius 2 is 1.83 bits per heavy atom. The van der Waals surface area contributed by atoms with Crippen LogP contribution < -0.4 is 5.32 Å². The van der Waals surface area contributed by atoms with Crippen molar-refractivity contribution in [2.45, 2.75) is 70.4 Å². The van der Waals surface area contributed by atoms with E-state index in [9.17, 15) is 0 Å². The fourth-order valence-electron chi connectivity index (χ4n) is 5.44. The molecular weight excluding hydrogens is 316 g/mol. The molecule has 1 N–H and O–H groups in total. The molecule has 0 amide bonds. The third-order valence-electron chi connectivity index (χ3n) is 6.74. The van der Waals surface area contributed by atoms with Gasteiger partial charge in [0.15, 0.2) is 0 Å². The molecule has 3 aliphatic rings. The molecule has 2 nitrogen and oxygen atoms in total. The first-order valence-electron chi connectivity index (χ1n) is 9.74. The van der Waals surface area contributed by atoms with Crippen molar-refractivity contribution in [3.63, 3.8) is 0 Å². The highest BCUT2D eigenvalue weighted by molar-refractivity contribution is 5.85. The van der Waals surface area contributed by atoms with E-state index < -0.39 is 0 Å². The van der Waals surface area contributed by atoms with Gasteiger partial charge in [0.2, 0.25) is 0 Å². The van der Waals surface area contributed by atoms with Crippen LogP contribution in [0.25, 0.3) is 0 Å². The van der Waals surface area contributed by atoms with Crippen LogP contribution in [-0.4, -0.2) is 30.6 Å². The molecule has 1 saturated carbocycles. The van der Waals surface area contributed by atoms with Gasteiger partial charge in [-0.3, -0.25) is 4.90 Å². The zero-order valence-electron chi connectivity index (χ0n) is 15.3. The van der Waals surface area contributed by atoms with Gasteiger partial charge in [0.25, 0.3) is 0 Å². The fraction of sp³-hybridized carbons (Fsp3) is 0.714. The Bertz CT molecular complexity index is 543. The van der Waals surface area contributed by atoms with Crippen molar-refractivity contribution < 1.29 is 0 Å². The zero-order valence-corrected chi connectivity index (χ0v) is 16.1. The summed E-state index contributed by atoms with van der Waals surface area (Å²) in [6.45, 7) is 8.48. The van der Waals surface area contributed by atoms with Crippen molar-refractivity contribution in [3.8, 4) is 0 Å². The topological polar surface area (TPSA) is 15.3 Å². The van der Waals surface area contributed by atoms with Gasteiger partial charge in [-0.25, -0.2) is 0 Å². The van der Waals surface area contributed by atoms with Crippen molar-refractivity contribution in [1.29, 1.82) is 0 Å². The van der Waals surface area contributed by atoms with E-state index in [1.54, 1.807) is 11.1 Å². The molecule has 3 fully saturated rings. The highest BCUT2D eigenvalue weighted by Crippen LogP contribution is 2.53. The van der Waals surface area contributed by atoms with Gasteiger partial charge in [-0.05, 0) is 80.6 Å². The smallest absolute Gasteiger partial charge is 0.0354 e. The summed E-state index contributed by atoms with van der Waals surface area (Å²) < 4.78 is 0. The molecule has 2 aliphatic heterocycles. The van der Waals surface area contributed by atoms with Crippen LogP contribution >= 0.6 is 12.4 Å². The van der Waals surface area contributed by atoms with Crippen LogP contribution in [0.5, 0.6) is 0 Å². The lowest BCUT2D eigenvalue weighted by atomic mass is 9.60. The standard InChI is InChI=1S/C21H32N2.ClH/c1-16(2)18-6-3-4-7-19(18)20-8-5-13-23(20)17-14-21(15-17)9-11-22-12-10-21;/h3-4,6-7,16-17,20,22H,5,8-15H2,1-2H3;1H/t20-;/m0./s1. The minimum Gasteiger partial charge on any atom is -0.317 e. The normalized spacial score (nSPS) is 27.2. The Labute approximate surface area is 153 Å². The first-order chi connectivity index (χ1) is 11.2. The summed E-state index contributed by atoms with van der Waals surface area (Å²) in [5.74, 6) is 0.630. The largest absolute Gasteiger partial charge is 0.317 e. The molecule has 1 aromatic rings. The lowest BCUT2D eigenvalue weighted by Gasteiger charge is -2.54. The van der Waals surface area contributed by atoms with Crippen molar-refractivity contribution in [3.05, 3.63) is 35.4 Å². The predicted molar refractivity (Wildman–Crippen MR) is 104 cm³/mol. The third kappa shape index (κ3) is 3.25. The molecule has 24 heavy (non-hydrogen) atoms. The second kappa shape index (κ2) is 7.35. The van der Waals surface area contributed by atoms with Gasteiger partial charge >= 0.3 is 0 Å². The molecule has 0 radical (unpaired) electrons. The van der Waals surface area contributed by atoms with Crippen LogP contribution in [0.1, 0.15) is 75.5 Å². The van der Waals surface area contributed by atoms with E-state index in [1.165, 1.54) is 58.2 Å². The Balaban J connectivity index is 0.00000169. The van der Waals surface area contributed by atoms with Gasteiger partial charge in [-0.15, -0.1) is 12.4 Å². The number of nitrogens with zero attached hydrogens (tertiary/aromatic N) is 1. The number of benzene rings is 1. The van der Waals surface area contributed by atoms with Crippen molar-refractivity contribution in [2.75, 3.05) is 19.6 Å². The maximum Gasteiger partial charge on any atom is 0.0354 e. The van der Waals surface area contributed by atoms with Crippen LogP contribution in [0.4, 0.5) is 0 Å². The summed E-state index contributed by atoms with van der Waals surface area (Å²) >= 11 is 0. The van der Waals surface area contributed by atoms with Gasteiger partial charge < -0.3 is 5.32 Å². The number of rotatable bonds is 3. The molecule has 0 unspecified atom stereocenters. The van der Waals surface area contributed by atoms with Gasteiger partial charge in [0.1, 0.15) is 0 Å².